The fraction of sp³-hybridized carbons (Fsp3) is 0.118. The Morgan fingerprint density at radius 2 is 2.05 bits per heavy atom. The molecule has 0 aliphatic heterocycles. The van der Waals surface area contributed by atoms with Crippen molar-refractivity contribution in [2.75, 3.05) is 12.4 Å². The van der Waals surface area contributed by atoms with E-state index >= 15 is 0 Å². The normalized spacial score (nSPS) is 10.5. The third kappa shape index (κ3) is 2.89. The summed E-state index contributed by atoms with van der Waals surface area (Å²) in [7, 11) is 1.61. The first kappa shape index (κ1) is 13.2. The van der Waals surface area contributed by atoms with Crippen molar-refractivity contribution in [1.29, 1.82) is 0 Å². The second-order valence-electron chi connectivity index (χ2n) is 4.82. The lowest BCUT2D eigenvalue weighted by molar-refractivity contribution is -0.115. The van der Waals surface area contributed by atoms with Gasteiger partial charge in [0.15, 0.2) is 0 Å². The van der Waals surface area contributed by atoms with Gasteiger partial charge in [0, 0.05) is 23.0 Å². The molecule has 2 N–H and O–H groups in total. The van der Waals surface area contributed by atoms with Crippen molar-refractivity contribution in [3.8, 4) is 5.75 Å². The van der Waals surface area contributed by atoms with Crippen molar-refractivity contribution in [3.63, 3.8) is 0 Å². The van der Waals surface area contributed by atoms with Crippen LogP contribution in [0.1, 0.15) is 5.56 Å². The first-order chi connectivity index (χ1) is 10.3. The molecule has 4 nitrogen and oxygen atoms in total. The summed E-state index contributed by atoms with van der Waals surface area (Å²) in [6, 6.07) is 15.3. The molecule has 0 unspecified atom stereocenters. The maximum atomic E-state index is 12.1. The summed E-state index contributed by atoms with van der Waals surface area (Å²) in [6.07, 6.45) is 2.16. The summed E-state index contributed by atoms with van der Waals surface area (Å²) in [5.74, 6) is 0.665. The number of fused-ring (bicyclic) bond motifs is 1. The number of aromatic amines is 1. The van der Waals surface area contributed by atoms with Crippen molar-refractivity contribution in [1.82, 2.24) is 4.98 Å². The highest BCUT2D eigenvalue weighted by Gasteiger charge is 2.08. The van der Waals surface area contributed by atoms with Crippen LogP contribution < -0.4 is 10.1 Å². The minimum Gasteiger partial charge on any atom is -0.496 e. The van der Waals surface area contributed by atoms with Gasteiger partial charge in [-0.2, -0.15) is 0 Å². The molecule has 0 radical (unpaired) electrons. The maximum Gasteiger partial charge on any atom is 0.228 e. The number of hydrogen-bond acceptors (Lipinski definition) is 2. The summed E-state index contributed by atoms with van der Waals surface area (Å²) < 4.78 is 5.26. The van der Waals surface area contributed by atoms with Crippen molar-refractivity contribution >= 4 is 22.5 Å². The molecule has 1 heterocycles. The van der Waals surface area contributed by atoms with Gasteiger partial charge >= 0.3 is 0 Å². The Hall–Kier alpha value is -2.75. The zero-order chi connectivity index (χ0) is 14.7. The molecule has 1 aromatic heterocycles. The molecule has 0 aliphatic carbocycles. The SMILES string of the molecule is COc1ccccc1CC(=O)Nc1ccc2cc[nH]c2c1. The van der Waals surface area contributed by atoms with Gasteiger partial charge in [-0.25, -0.2) is 0 Å². The Morgan fingerprint density at radius 3 is 2.90 bits per heavy atom. The quantitative estimate of drug-likeness (QED) is 0.770. The number of aromatic nitrogens is 1. The number of amides is 1. The number of para-hydroxylation sites is 1. The van der Waals surface area contributed by atoms with E-state index in [-0.39, 0.29) is 12.3 Å². The van der Waals surface area contributed by atoms with Crippen LogP contribution in [0, 0.1) is 0 Å². The Balaban J connectivity index is 1.73. The van der Waals surface area contributed by atoms with Gasteiger partial charge in [-0.15, -0.1) is 0 Å². The summed E-state index contributed by atoms with van der Waals surface area (Å²) in [5.41, 5.74) is 2.66. The number of hydrogen-bond donors (Lipinski definition) is 2. The molecule has 0 fully saturated rings. The number of ether oxygens (including phenoxy) is 1. The number of nitrogens with one attached hydrogen (secondary N) is 2. The van der Waals surface area contributed by atoms with Gasteiger partial charge in [0.25, 0.3) is 0 Å². The molecular formula is C17H16N2O2. The third-order valence-corrected chi connectivity index (χ3v) is 3.38. The number of rotatable bonds is 4. The average molecular weight is 280 g/mol. The average Bonchev–Trinajstić information content (AvgIpc) is 2.95. The monoisotopic (exact) mass is 280 g/mol. The van der Waals surface area contributed by atoms with E-state index in [1.165, 1.54) is 0 Å². The van der Waals surface area contributed by atoms with Gasteiger partial charge in [0.1, 0.15) is 5.75 Å². The summed E-state index contributed by atoms with van der Waals surface area (Å²) >= 11 is 0. The van der Waals surface area contributed by atoms with Crippen molar-refractivity contribution in [2.45, 2.75) is 6.42 Å². The molecular weight excluding hydrogens is 264 g/mol. The number of methoxy groups -OCH3 is 1. The van der Waals surface area contributed by atoms with Crippen LogP contribution >= 0.6 is 0 Å². The fourth-order valence-electron chi connectivity index (χ4n) is 2.35. The molecule has 0 saturated carbocycles. The molecule has 1 amide bonds. The standard InChI is InChI=1S/C17H16N2O2/c1-21-16-5-3-2-4-13(16)10-17(20)19-14-7-6-12-8-9-18-15(12)11-14/h2-9,11,18H,10H2,1H3,(H,19,20). The minimum atomic E-state index is -0.0644. The molecule has 3 aromatic rings. The smallest absolute Gasteiger partial charge is 0.228 e. The Labute approximate surface area is 122 Å². The molecule has 0 spiro atoms. The second-order valence-corrected chi connectivity index (χ2v) is 4.82. The summed E-state index contributed by atoms with van der Waals surface area (Å²) in [4.78, 5) is 15.3. The van der Waals surface area contributed by atoms with Crippen LogP contribution in [0.2, 0.25) is 0 Å². The van der Waals surface area contributed by atoms with Gasteiger partial charge in [-0.1, -0.05) is 24.3 Å². The molecule has 4 heteroatoms. The molecule has 0 aliphatic rings. The van der Waals surface area contributed by atoms with Crippen LogP contribution in [-0.4, -0.2) is 18.0 Å². The van der Waals surface area contributed by atoms with E-state index in [0.29, 0.717) is 0 Å². The molecule has 21 heavy (non-hydrogen) atoms. The first-order valence-electron chi connectivity index (χ1n) is 6.75. The predicted octanol–water partition coefficient (Wildman–Crippen LogP) is 3.36. The number of carbonyl (C=O) groups excluding carboxylic acids is 1. The molecule has 0 atom stereocenters. The highest BCUT2D eigenvalue weighted by atomic mass is 16.5. The highest BCUT2D eigenvalue weighted by Crippen LogP contribution is 2.20. The van der Waals surface area contributed by atoms with Crippen LogP contribution in [0.25, 0.3) is 10.9 Å². The zero-order valence-electron chi connectivity index (χ0n) is 11.7. The molecule has 106 valence electrons. The minimum absolute atomic E-state index is 0.0644. The predicted molar refractivity (Wildman–Crippen MR) is 83.6 cm³/mol. The van der Waals surface area contributed by atoms with E-state index in [1.807, 2.05) is 54.7 Å². The summed E-state index contributed by atoms with van der Waals surface area (Å²) in [5, 5.41) is 4.03. The lowest BCUT2D eigenvalue weighted by Crippen LogP contribution is -2.14. The summed E-state index contributed by atoms with van der Waals surface area (Å²) in [6.45, 7) is 0. The van der Waals surface area contributed by atoms with Gasteiger partial charge in [-0.05, 0) is 29.7 Å². The van der Waals surface area contributed by atoms with Crippen molar-refractivity contribution in [3.05, 3.63) is 60.3 Å². The van der Waals surface area contributed by atoms with Crippen molar-refractivity contribution in [2.24, 2.45) is 0 Å². The Morgan fingerprint density at radius 1 is 1.19 bits per heavy atom. The molecule has 0 saturated heterocycles. The topological polar surface area (TPSA) is 54.1 Å². The Kier molecular flexibility index (Phi) is 3.60. The highest BCUT2D eigenvalue weighted by molar-refractivity contribution is 5.95. The van der Waals surface area contributed by atoms with Crippen LogP contribution in [-0.2, 0) is 11.2 Å². The van der Waals surface area contributed by atoms with Gasteiger partial charge in [0.2, 0.25) is 5.91 Å². The largest absolute Gasteiger partial charge is 0.496 e. The van der Waals surface area contributed by atoms with Gasteiger partial charge in [0.05, 0.1) is 13.5 Å². The van der Waals surface area contributed by atoms with E-state index < -0.39 is 0 Å². The van der Waals surface area contributed by atoms with E-state index in [2.05, 4.69) is 10.3 Å². The van der Waals surface area contributed by atoms with E-state index in [1.54, 1.807) is 7.11 Å². The number of benzene rings is 2. The molecule has 2 aromatic carbocycles. The van der Waals surface area contributed by atoms with Crippen LogP contribution in [0.5, 0.6) is 5.75 Å². The van der Waals surface area contributed by atoms with E-state index in [4.69, 9.17) is 4.74 Å². The lowest BCUT2D eigenvalue weighted by atomic mass is 10.1. The van der Waals surface area contributed by atoms with Gasteiger partial charge in [-0.3, -0.25) is 4.79 Å². The fourth-order valence-corrected chi connectivity index (χ4v) is 2.35. The van der Waals surface area contributed by atoms with Crippen LogP contribution in [0.4, 0.5) is 5.69 Å². The number of carbonyl (C=O) groups is 1. The lowest BCUT2D eigenvalue weighted by Gasteiger charge is -2.09. The van der Waals surface area contributed by atoms with Crippen LogP contribution in [0.15, 0.2) is 54.7 Å². The number of H-pyrrole nitrogens is 1. The second kappa shape index (κ2) is 5.71. The number of anilines is 1. The zero-order valence-corrected chi connectivity index (χ0v) is 11.7. The molecule has 3 rings (SSSR count). The Bertz CT molecular complexity index is 777. The van der Waals surface area contributed by atoms with Crippen molar-refractivity contribution < 1.29 is 9.53 Å². The van der Waals surface area contributed by atoms with Crippen LogP contribution in [0.3, 0.4) is 0 Å². The third-order valence-electron chi connectivity index (χ3n) is 3.38. The van der Waals surface area contributed by atoms with E-state index in [9.17, 15) is 4.79 Å². The van der Waals surface area contributed by atoms with E-state index in [0.717, 1.165) is 27.9 Å². The first-order valence-corrected chi connectivity index (χ1v) is 6.75. The molecule has 0 bridgehead atoms. The maximum absolute atomic E-state index is 12.1. The van der Waals surface area contributed by atoms with Gasteiger partial charge < -0.3 is 15.0 Å².